The molecule has 4 heteroatoms. The SMILES string of the molecule is CNc1ncncc1CCl. The number of rotatable bonds is 2. The number of aromatic nitrogens is 2. The van der Waals surface area contributed by atoms with Gasteiger partial charge in [0.1, 0.15) is 12.1 Å². The molecule has 10 heavy (non-hydrogen) atoms. The maximum atomic E-state index is 5.59. The first-order valence-electron chi connectivity index (χ1n) is 2.91. The van der Waals surface area contributed by atoms with Crippen LogP contribution in [0.3, 0.4) is 0 Å². The van der Waals surface area contributed by atoms with Crippen molar-refractivity contribution in [3.05, 3.63) is 18.1 Å². The van der Waals surface area contributed by atoms with Crippen molar-refractivity contribution >= 4 is 17.4 Å². The lowest BCUT2D eigenvalue weighted by molar-refractivity contribution is 1.11. The number of halogens is 1. The van der Waals surface area contributed by atoms with Gasteiger partial charge in [-0.2, -0.15) is 0 Å². The summed E-state index contributed by atoms with van der Waals surface area (Å²) in [6, 6.07) is 0. The topological polar surface area (TPSA) is 37.8 Å². The van der Waals surface area contributed by atoms with Crippen LogP contribution in [-0.2, 0) is 5.88 Å². The van der Waals surface area contributed by atoms with Gasteiger partial charge in [0.05, 0.1) is 5.88 Å². The van der Waals surface area contributed by atoms with Crippen molar-refractivity contribution in [3.8, 4) is 0 Å². The standard InChI is InChI=1S/C6H8ClN3/c1-8-6-5(2-7)3-9-4-10-6/h3-4H,2H2,1H3,(H,8,9,10). The molecule has 0 aromatic carbocycles. The first kappa shape index (κ1) is 7.28. The maximum Gasteiger partial charge on any atom is 0.133 e. The fourth-order valence-electron chi connectivity index (χ4n) is 0.681. The zero-order chi connectivity index (χ0) is 7.40. The van der Waals surface area contributed by atoms with Crippen LogP contribution in [0.4, 0.5) is 5.82 Å². The smallest absolute Gasteiger partial charge is 0.133 e. The normalized spacial score (nSPS) is 9.40. The van der Waals surface area contributed by atoms with Gasteiger partial charge < -0.3 is 5.32 Å². The van der Waals surface area contributed by atoms with Gasteiger partial charge in [-0.1, -0.05) is 0 Å². The van der Waals surface area contributed by atoms with E-state index in [1.165, 1.54) is 6.33 Å². The van der Waals surface area contributed by atoms with Gasteiger partial charge in [-0.05, 0) is 0 Å². The van der Waals surface area contributed by atoms with Crippen LogP contribution >= 0.6 is 11.6 Å². The van der Waals surface area contributed by atoms with Crippen LogP contribution in [0.1, 0.15) is 5.56 Å². The highest BCUT2D eigenvalue weighted by Gasteiger charge is 1.97. The lowest BCUT2D eigenvalue weighted by Crippen LogP contribution is -1.97. The quantitative estimate of drug-likeness (QED) is 0.657. The first-order chi connectivity index (χ1) is 4.88. The molecule has 0 bridgehead atoms. The predicted molar refractivity (Wildman–Crippen MR) is 41.1 cm³/mol. The van der Waals surface area contributed by atoms with Crippen molar-refractivity contribution < 1.29 is 0 Å². The fraction of sp³-hybridized carbons (Fsp3) is 0.333. The molecule has 0 aliphatic carbocycles. The molecule has 0 aliphatic rings. The Kier molecular flexibility index (Phi) is 2.45. The minimum absolute atomic E-state index is 0.441. The molecule has 0 amide bonds. The zero-order valence-electron chi connectivity index (χ0n) is 5.63. The Labute approximate surface area is 64.5 Å². The highest BCUT2D eigenvalue weighted by molar-refractivity contribution is 6.17. The van der Waals surface area contributed by atoms with Crippen molar-refractivity contribution in [1.82, 2.24) is 9.97 Å². The summed E-state index contributed by atoms with van der Waals surface area (Å²) in [6.45, 7) is 0. The Hall–Kier alpha value is -0.830. The molecule has 1 heterocycles. The summed E-state index contributed by atoms with van der Waals surface area (Å²) in [5, 5.41) is 2.91. The lowest BCUT2D eigenvalue weighted by Gasteiger charge is -2.01. The van der Waals surface area contributed by atoms with Crippen molar-refractivity contribution in [1.29, 1.82) is 0 Å². The third kappa shape index (κ3) is 1.36. The number of anilines is 1. The van der Waals surface area contributed by atoms with E-state index in [0.29, 0.717) is 5.88 Å². The molecule has 0 fully saturated rings. The molecule has 0 saturated heterocycles. The largest absolute Gasteiger partial charge is 0.373 e. The van der Waals surface area contributed by atoms with Gasteiger partial charge in [-0.3, -0.25) is 0 Å². The van der Waals surface area contributed by atoms with Crippen molar-refractivity contribution in [3.63, 3.8) is 0 Å². The highest BCUT2D eigenvalue weighted by atomic mass is 35.5. The zero-order valence-corrected chi connectivity index (χ0v) is 6.39. The van der Waals surface area contributed by atoms with Crippen molar-refractivity contribution in [2.24, 2.45) is 0 Å². The van der Waals surface area contributed by atoms with Gasteiger partial charge in [-0.25, -0.2) is 9.97 Å². The van der Waals surface area contributed by atoms with Gasteiger partial charge in [0, 0.05) is 18.8 Å². The van der Waals surface area contributed by atoms with E-state index in [1.54, 1.807) is 13.2 Å². The van der Waals surface area contributed by atoms with Crippen molar-refractivity contribution in [2.75, 3.05) is 12.4 Å². The second-order valence-corrected chi connectivity index (χ2v) is 2.05. The predicted octanol–water partition coefficient (Wildman–Crippen LogP) is 1.26. The van der Waals surface area contributed by atoms with E-state index < -0.39 is 0 Å². The number of hydrogen-bond acceptors (Lipinski definition) is 3. The summed E-state index contributed by atoms with van der Waals surface area (Å²) in [5.41, 5.74) is 0.923. The molecular weight excluding hydrogens is 150 g/mol. The van der Waals surface area contributed by atoms with Crippen LogP contribution < -0.4 is 5.32 Å². The van der Waals surface area contributed by atoms with E-state index in [1.807, 2.05) is 0 Å². The molecular formula is C6H8ClN3. The van der Waals surface area contributed by atoms with Crippen LogP contribution in [0, 0.1) is 0 Å². The van der Waals surface area contributed by atoms with E-state index in [4.69, 9.17) is 11.6 Å². The van der Waals surface area contributed by atoms with Crippen LogP contribution in [0.15, 0.2) is 12.5 Å². The molecule has 1 rings (SSSR count). The third-order valence-electron chi connectivity index (χ3n) is 1.17. The Balaban J connectivity index is 2.96. The minimum atomic E-state index is 0.441. The van der Waals surface area contributed by atoms with Crippen LogP contribution in [0.25, 0.3) is 0 Å². The van der Waals surface area contributed by atoms with E-state index in [9.17, 15) is 0 Å². The molecule has 3 nitrogen and oxygen atoms in total. The summed E-state index contributed by atoms with van der Waals surface area (Å²) < 4.78 is 0. The average molecular weight is 158 g/mol. The minimum Gasteiger partial charge on any atom is -0.373 e. The second-order valence-electron chi connectivity index (χ2n) is 1.78. The van der Waals surface area contributed by atoms with E-state index >= 15 is 0 Å². The number of nitrogens with one attached hydrogen (secondary N) is 1. The number of alkyl halides is 1. The molecule has 0 spiro atoms. The molecule has 0 unspecified atom stereocenters. The fourth-order valence-corrected chi connectivity index (χ4v) is 0.877. The average Bonchev–Trinajstić information content (AvgIpc) is 2.04. The molecule has 0 radical (unpaired) electrons. The molecule has 0 aliphatic heterocycles. The summed E-state index contributed by atoms with van der Waals surface area (Å²) >= 11 is 5.59. The van der Waals surface area contributed by atoms with Crippen molar-refractivity contribution in [2.45, 2.75) is 5.88 Å². The lowest BCUT2D eigenvalue weighted by atomic mass is 10.3. The molecule has 1 aromatic heterocycles. The summed E-state index contributed by atoms with van der Waals surface area (Å²) in [7, 11) is 1.80. The summed E-state index contributed by atoms with van der Waals surface area (Å²) in [6.07, 6.45) is 3.19. The highest BCUT2D eigenvalue weighted by Crippen LogP contribution is 2.10. The Bertz CT molecular complexity index is 191. The monoisotopic (exact) mass is 157 g/mol. The second kappa shape index (κ2) is 3.37. The van der Waals surface area contributed by atoms with Gasteiger partial charge in [-0.15, -0.1) is 11.6 Å². The van der Waals surface area contributed by atoms with E-state index in [0.717, 1.165) is 11.4 Å². The number of hydrogen-bond donors (Lipinski definition) is 1. The Morgan fingerprint density at radius 2 is 2.50 bits per heavy atom. The van der Waals surface area contributed by atoms with Crippen LogP contribution in [0.5, 0.6) is 0 Å². The van der Waals surface area contributed by atoms with Gasteiger partial charge in [0.15, 0.2) is 0 Å². The van der Waals surface area contributed by atoms with E-state index in [2.05, 4.69) is 15.3 Å². The molecule has 1 N–H and O–H groups in total. The van der Waals surface area contributed by atoms with Crippen LogP contribution in [-0.4, -0.2) is 17.0 Å². The Morgan fingerprint density at radius 1 is 1.70 bits per heavy atom. The van der Waals surface area contributed by atoms with Gasteiger partial charge in [0.25, 0.3) is 0 Å². The first-order valence-corrected chi connectivity index (χ1v) is 3.44. The molecule has 0 atom stereocenters. The maximum absolute atomic E-state index is 5.59. The molecule has 1 aromatic rings. The third-order valence-corrected chi connectivity index (χ3v) is 1.46. The summed E-state index contributed by atoms with van der Waals surface area (Å²) in [4.78, 5) is 7.79. The Morgan fingerprint density at radius 3 is 3.00 bits per heavy atom. The number of nitrogens with zero attached hydrogens (tertiary/aromatic N) is 2. The molecule has 0 saturated carbocycles. The summed E-state index contributed by atoms with van der Waals surface area (Å²) in [5.74, 6) is 1.24. The van der Waals surface area contributed by atoms with Gasteiger partial charge >= 0.3 is 0 Å². The van der Waals surface area contributed by atoms with Crippen LogP contribution in [0.2, 0.25) is 0 Å². The van der Waals surface area contributed by atoms with E-state index in [-0.39, 0.29) is 0 Å². The molecule has 54 valence electrons. The van der Waals surface area contributed by atoms with Gasteiger partial charge in [0.2, 0.25) is 0 Å².